The van der Waals surface area contributed by atoms with Gasteiger partial charge in [-0.2, -0.15) is 10.1 Å². The van der Waals surface area contributed by atoms with Crippen molar-refractivity contribution in [1.29, 1.82) is 0 Å². The molecule has 1 aliphatic rings. The molecule has 0 unspecified atom stereocenters. The van der Waals surface area contributed by atoms with Gasteiger partial charge in [-0.05, 0) is 19.8 Å². The number of hydrogen-bond donors (Lipinski definition) is 1. The first-order valence-electron chi connectivity index (χ1n) is 7.38. The lowest BCUT2D eigenvalue weighted by atomic mass is 9.96. The number of H-pyrrole nitrogens is 1. The van der Waals surface area contributed by atoms with Crippen molar-refractivity contribution in [2.75, 3.05) is 37.0 Å². The van der Waals surface area contributed by atoms with Crippen molar-refractivity contribution in [3.63, 3.8) is 0 Å². The van der Waals surface area contributed by atoms with Crippen molar-refractivity contribution in [3.8, 4) is 0 Å². The Morgan fingerprint density at radius 3 is 2.59 bits per heavy atom. The summed E-state index contributed by atoms with van der Waals surface area (Å²) in [6.07, 6.45) is 3.12. The van der Waals surface area contributed by atoms with Crippen LogP contribution < -0.4 is 9.80 Å². The number of hydrogen-bond acceptors (Lipinski definition) is 6. The van der Waals surface area contributed by atoms with Crippen LogP contribution in [-0.2, 0) is 0 Å². The normalized spacial score (nSPS) is 16.1. The summed E-state index contributed by atoms with van der Waals surface area (Å²) in [6.45, 7) is 3.54. The summed E-state index contributed by atoms with van der Waals surface area (Å²) in [5.41, 5.74) is 0. The monoisotopic (exact) mass is 305 g/mol. The lowest BCUT2D eigenvalue weighted by Crippen LogP contribution is -2.34. The van der Waals surface area contributed by atoms with E-state index in [2.05, 4.69) is 30.0 Å². The third-order valence-corrected chi connectivity index (χ3v) is 3.89. The maximum atomic E-state index is 13.7. The molecule has 1 fully saturated rings. The number of aryl methyl sites for hydroxylation is 1. The zero-order valence-electron chi connectivity index (χ0n) is 13.0. The summed E-state index contributed by atoms with van der Waals surface area (Å²) < 4.78 is 13.7. The molecule has 0 bridgehead atoms. The maximum Gasteiger partial charge on any atom is 0.227 e. The Hall–Kier alpha value is -2.25. The lowest BCUT2D eigenvalue weighted by molar-refractivity contribution is 0.480. The molecule has 2 aromatic heterocycles. The van der Waals surface area contributed by atoms with Gasteiger partial charge in [-0.15, -0.1) is 0 Å². The van der Waals surface area contributed by atoms with Gasteiger partial charge in [0.25, 0.3) is 0 Å². The first-order chi connectivity index (χ1) is 10.5. The fourth-order valence-corrected chi connectivity index (χ4v) is 2.70. The highest BCUT2D eigenvalue weighted by atomic mass is 19.1. The molecule has 3 heterocycles. The van der Waals surface area contributed by atoms with Gasteiger partial charge >= 0.3 is 0 Å². The summed E-state index contributed by atoms with van der Waals surface area (Å²) in [5, 5.41) is 7.13. The van der Waals surface area contributed by atoms with E-state index in [0.29, 0.717) is 17.7 Å². The van der Waals surface area contributed by atoms with Crippen LogP contribution in [0, 0.1) is 12.7 Å². The van der Waals surface area contributed by atoms with E-state index in [1.54, 1.807) is 19.0 Å². The smallest absolute Gasteiger partial charge is 0.227 e. The van der Waals surface area contributed by atoms with E-state index >= 15 is 0 Å². The Bertz CT molecular complexity index is 646. The average Bonchev–Trinajstić information content (AvgIpc) is 2.94. The summed E-state index contributed by atoms with van der Waals surface area (Å²) in [6, 6.07) is 0. The molecule has 0 aromatic carbocycles. The van der Waals surface area contributed by atoms with Crippen molar-refractivity contribution < 1.29 is 4.39 Å². The maximum absolute atomic E-state index is 13.7. The predicted molar refractivity (Wildman–Crippen MR) is 81.6 cm³/mol. The molecule has 22 heavy (non-hydrogen) atoms. The Morgan fingerprint density at radius 1 is 1.27 bits per heavy atom. The summed E-state index contributed by atoms with van der Waals surface area (Å²) in [7, 11) is 3.54. The van der Waals surface area contributed by atoms with Crippen LogP contribution in [0.4, 0.5) is 16.2 Å². The summed E-state index contributed by atoms with van der Waals surface area (Å²) >= 11 is 0. The Labute approximate surface area is 128 Å². The molecule has 0 amide bonds. The molecule has 0 atom stereocenters. The number of rotatable bonds is 3. The van der Waals surface area contributed by atoms with Crippen LogP contribution in [0.15, 0.2) is 6.20 Å². The highest BCUT2D eigenvalue weighted by molar-refractivity contribution is 5.44. The molecule has 0 aliphatic carbocycles. The number of nitrogens with zero attached hydrogens (tertiary/aromatic N) is 6. The second kappa shape index (κ2) is 5.86. The third-order valence-electron chi connectivity index (χ3n) is 3.89. The van der Waals surface area contributed by atoms with Gasteiger partial charge in [-0.3, -0.25) is 5.10 Å². The minimum absolute atomic E-state index is 0.316. The van der Waals surface area contributed by atoms with Gasteiger partial charge in [-0.25, -0.2) is 14.4 Å². The van der Waals surface area contributed by atoms with Crippen molar-refractivity contribution in [2.45, 2.75) is 25.7 Å². The SMILES string of the molecule is Cc1nc(C2CCN(c3ncc(F)c(N(C)C)n3)CC2)n[nH]1. The van der Waals surface area contributed by atoms with Gasteiger partial charge in [0.15, 0.2) is 17.5 Å². The van der Waals surface area contributed by atoms with Crippen LogP contribution in [0.2, 0.25) is 0 Å². The molecule has 0 spiro atoms. The van der Waals surface area contributed by atoms with E-state index in [1.165, 1.54) is 6.20 Å². The van der Waals surface area contributed by atoms with Crippen LogP contribution in [0.1, 0.15) is 30.4 Å². The van der Waals surface area contributed by atoms with E-state index in [4.69, 9.17) is 0 Å². The molecule has 7 nitrogen and oxygen atoms in total. The second-order valence-electron chi connectivity index (χ2n) is 5.78. The highest BCUT2D eigenvalue weighted by Gasteiger charge is 2.25. The van der Waals surface area contributed by atoms with Crippen molar-refractivity contribution in [2.24, 2.45) is 0 Å². The Morgan fingerprint density at radius 2 is 2.00 bits per heavy atom. The summed E-state index contributed by atoms with van der Waals surface area (Å²) in [4.78, 5) is 16.6. The van der Waals surface area contributed by atoms with E-state index in [-0.39, 0.29) is 0 Å². The first kappa shape index (κ1) is 14.7. The predicted octanol–water partition coefficient (Wildman–Crippen LogP) is 1.49. The summed E-state index contributed by atoms with van der Waals surface area (Å²) in [5.74, 6) is 2.57. The van der Waals surface area contributed by atoms with Crippen LogP contribution in [0.25, 0.3) is 0 Å². The van der Waals surface area contributed by atoms with Crippen molar-refractivity contribution in [3.05, 3.63) is 23.7 Å². The molecular weight excluding hydrogens is 285 g/mol. The van der Waals surface area contributed by atoms with E-state index < -0.39 is 5.82 Å². The van der Waals surface area contributed by atoms with Crippen LogP contribution in [-0.4, -0.2) is 52.3 Å². The van der Waals surface area contributed by atoms with Gasteiger partial charge in [0.05, 0.1) is 6.20 Å². The van der Waals surface area contributed by atoms with Gasteiger partial charge in [0.1, 0.15) is 5.82 Å². The molecule has 1 aliphatic heterocycles. The molecule has 1 N–H and O–H groups in total. The van der Waals surface area contributed by atoms with Crippen LogP contribution in [0.3, 0.4) is 0 Å². The molecule has 0 radical (unpaired) electrons. The average molecular weight is 305 g/mol. The van der Waals surface area contributed by atoms with Gasteiger partial charge < -0.3 is 9.80 Å². The minimum Gasteiger partial charge on any atom is -0.360 e. The fourth-order valence-electron chi connectivity index (χ4n) is 2.70. The standard InChI is InChI=1S/C14H20FN7/c1-9-17-12(20-19-9)10-4-6-22(7-5-10)14-16-8-11(15)13(18-14)21(2)3/h8,10H,4-7H2,1-3H3,(H,17,19,20). The molecule has 3 rings (SSSR count). The number of aromatic nitrogens is 5. The molecule has 2 aromatic rings. The van der Waals surface area contributed by atoms with Crippen LogP contribution >= 0.6 is 0 Å². The topological polar surface area (TPSA) is 73.8 Å². The lowest BCUT2D eigenvalue weighted by Gasteiger charge is -2.31. The number of anilines is 2. The van der Waals surface area contributed by atoms with Crippen molar-refractivity contribution >= 4 is 11.8 Å². The van der Waals surface area contributed by atoms with Gasteiger partial charge in [-0.1, -0.05) is 0 Å². The third kappa shape index (κ3) is 2.86. The van der Waals surface area contributed by atoms with E-state index in [9.17, 15) is 4.39 Å². The quantitative estimate of drug-likeness (QED) is 0.926. The largest absolute Gasteiger partial charge is 0.360 e. The molecule has 0 saturated carbocycles. The molecule has 118 valence electrons. The number of nitrogens with one attached hydrogen (secondary N) is 1. The van der Waals surface area contributed by atoms with Crippen LogP contribution in [0.5, 0.6) is 0 Å². The zero-order valence-corrected chi connectivity index (χ0v) is 13.0. The Balaban J connectivity index is 1.70. The first-order valence-corrected chi connectivity index (χ1v) is 7.38. The second-order valence-corrected chi connectivity index (χ2v) is 5.78. The number of piperidine rings is 1. The van der Waals surface area contributed by atoms with Crippen molar-refractivity contribution in [1.82, 2.24) is 25.1 Å². The zero-order chi connectivity index (χ0) is 15.7. The fraction of sp³-hybridized carbons (Fsp3) is 0.571. The van der Waals surface area contributed by atoms with Gasteiger partial charge in [0, 0.05) is 33.1 Å². The van der Waals surface area contributed by atoms with E-state index in [1.807, 2.05) is 6.92 Å². The molecule has 8 heteroatoms. The molecule has 1 saturated heterocycles. The minimum atomic E-state index is -0.403. The van der Waals surface area contributed by atoms with E-state index in [0.717, 1.165) is 37.6 Å². The highest BCUT2D eigenvalue weighted by Crippen LogP contribution is 2.28. The molecular formula is C14H20FN7. The Kier molecular flexibility index (Phi) is 3.91. The number of halogens is 1. The number of aromatic amines is 1. The van der Waals surface area contributed by atoms with Gasteiger partial charge in [0.2, 0.25) is 5.95 Å².